The van der Waals surface area contributed by atoms with Gasteiger partial charge in [-0.1, -0.05) is 17.7 Å². The van der Waals surface area contributed by atoms with Crippen molar-refractivity contribution in [3.8, 4) is 17.3 Å². The van der Waals surface area contributed by atoms with Crippen molar-refractivity contribution in [1.82, 2.24) is 34.7 Å². The van der Waals surface area contributed by atoms with Crippen LogP contribution in [0.3, 0.4) is 0 Å². The lowest BCUT2D eigenvalue weighted by atomic mass is 10.1. The molecule has 0 fully saturated rings. The van der Waals surface area contributed by atoms with Gasteiger partial charge in [0.05, 0.1) is 16.8 Å². The average molecular weight is 484 g/mol. The van der Waals surface area contributed by atoms with Gasteiger partial charge in [-0.3, -0.25) is 9.55 Å². The number of sulfone groups is 1. The normalized spacial score (nSPS) is 15.2. The number of rotatable bonds is 6. The maximum Gasteiger partial charge on any atom is 0.187 e. The van der Waals surface area contributed by atoms with E-state index in [2.05, 4.69) is 30.1 Å². The Morgan fingerprint density at radius 3 is 2.67 bits per heavy atom. The molecule has 0 spiro atoms. The Morgan fingerprint density at radius 2 is 1.88 bits per heavy atom. The van der Waals surface area contributed by atoms with Crippen LogP contribution in [0.25, 0.3) is 11.5 Å². The van der Waals surface area contributed by atoms with E-state index in [1.165, 1.54) is 12.4 Å². The number of hydrogen-bond acceptors (Lipinski definition) is 9. The van der Waals surface area contributed by atoms with E-state index in [1.54, 1.807) is 35.3 Å². The van der Waals surface area contributed by atoms with E-state index in [9.17, 15) is 8.42 Å². The minimum absolute atomic E-state index is 0.139. The minimum atomic E-state index is -3.55. The Balaban J connectivity index is 1.49. The summed E-state index contributed by atoms with van der Waals surface area (Å²) in [5.74, 6) is 1.28. The van der Waals surface area contributed by atoms with E-state index in [1.807, 2.05) is 12.1 Å². The Kier molecular flexibility index (Phi) is 5.73. The van der Waals surface area contributed by atoms with Crippen molar-refractivity contribution in [1.29, 1.82) is 0 Å². The molecule has 12 heteroatoms. The molecule has 0 saturated carbocycles. The molecule has 0 saturated heterocycles. The first-order valence-electron chi connectivity index (χ1n) is 10.1. The van der Waals surface area contributed by atoms with Gasteiger partial charge in [0.25, 0.3) is 0 Å². The van der Waals surface area contributed by atoms with Crippen LogP contribution in [0.1, 0.15) is 23.3 Å². The molecule has 0 bridgehead atoms. The first-order chi connectivity index (χ1) is 16.0. The fourth-order valence-corrected chi connectivity index (χ4v) is 4.96. The zero-order valence-electron chi connectivity index (χ0n) is 17.2. The highest BCUT2D eigenvalue weighted by atomic mass is 35.5. The van der Waals surface area contributed by atoms with Crippen molar-refractivity contribution in [2.45, 2.75) is 18.2 Å². The number of aryl methyl sites for hydroxylation is 1. The first-order valence-corrected chi connectivity index (χ1v) is 12.3. The van der Waals surface area contributed by atoms with Gasteiger partial charge >= 0.3 is 0 Å². The lowest BCUT2D eigenvalue weighted by molar-refractivity contribution is 0.277. The summed E-state index contributed by atoms with van der Waals surface area (Å²) < 4.78 is 33.7. The highest BCUT2D eigenvalue weighted by Crippen LogP contribution is 2.35. The highest BCUT2D eigenvalue weighted by molar-refractivity contribution is 7.90. The third kappa shape index (κ3) is 4.55. The molecule has 4 aromatic heterocycles. The summed E-state index contributed by atoms with van der Waals surface area (Å²) in [6.45, 7) is 0.251. The predicted octanol–water partition coefficient (Wildman–Crippen LogP) is 2.32. The van der Waals surface area contributed by atoms with Gasteiger partial charge in [-0.25, -0.2) is 23.4 Å². The van der Waals surface area contributed by atoms with Crippen LogP contribution in [-0.4, -0.2) is 55.5 Å². The number of nitrogens with zero attached hydrogens (tertiary/aromatic N) is 7. The first kappa shape index (κ1) is 21.4. The van der Waals surface area contributed by atoms with Crippen LogP contribution in [0.15, 0.2) is 55.2 Å². The van der Waals surface area contributed by atoms with Gasteiger partial charge in [-0.15, -0.1) is 10.2 Å². The second-order valence-corrected chi connectivity index (χ2v) is 10.1. The standard InChI is InChI=1S/C21H18ClN7O3S/c22-15-10-25-18(26-11-15)5-8-33(30,31)13-19-27-28-21-20-17(4-2-7-24-20)32-12-16(29(19)21)14-3-1-6-23-9-14/h1-4,6-7,9-11,16H,5,8,12-13H2/t16-/m1/s1. The molecule has 0 amide bonds. The lowest BCUT2D eigenvalue weighted by Gasteiger charge is -2.19. The molecule has 1 atom stereocenters. The second-order valence-electron chi connectivity index (χ2n) is 7.43. The summed E-state index contributed by atoms with van der Waals surface area (Å²) >= 11 is 5.80. The summed E-state index contributed by atoms with van der Waals surface area (Å²) in [5.41, 5.74) is 1.36. The number of hydrogen-bond donors (Lipinski definition) is 0. The van der Waals surface area contributed by atoms with Crippen molar-refractivity contribution in [3.63, 3.8) is 0 Å². The molecule has 0 aromatic carbocycles. The highest BCUT2D eigenvalue weighted by Gasteiger charge is 2.31. The summed E-state index contributed by atoms with van der Waals surface area (Å²) in [5, 5.41) is 8.92. The van der Waals surface area contributed by atoms with Crippen molar-refractivity contribution in [2.24, 2.45) is 0 Å². The molecule has 5 heterocycles. The molecule has 4 aromatic rings. The molecule has 168 valence electrons. The van der Waals surface area contributed by atoms with Crippen molar-refractivity contribution < 1.29 is 13.2 Å². The molecule has 0 aliphatic carbocycles. The lowest BCUT2D eigenvalue weighted by Crippen LogP contribution is -2.22. The average Bonchev–Trinajstić information content (AvgIpc) is 3.14. The fourth-order valence-electron chi connectivity index (χ4n) is 3.63. The van der Waals surface area contributed by atoms with Crippen LogP contribution < -0.4 is 4.74 Å². The van der Waals surface area contributed by atoms with E-state index < -0.39 is 9.84 Å². The van der Waals surface area contributed by atoms with Crippen LogP contribution in [0.5, 0.6) is 5.75 Å². The maximum absolute atomic E-state index is 13.0. The Hall–Kier alpha value is -3.44. The largest absolute Gasteiger partial charge is 0.489 e. The molecule has 5 rings (SSSR count). The molecule has 1 aliphatic rings. The van der Waals surface area contributed by atoms with Gasteiger partial charge in [-0.2, -0.15) is 0 Å². The fraction of sp³-hybridized carbons (Fsp3) is 0.238. The van der Waals surface area contributed by atoms with E-state index in [-0.39, 0.29) is 30.6 Å². The van der Waals surface area contributed by atoms with Crippen LogP contribution in [0.4, 0.5) is 0 Å². The summed E-state index contributed by atoms with van der Waals surface area (Å²) in [7, 11) is -3.55. The predicted molar refractivity (Wildman–Crippen MR) is 119 cm³/mol. The van der Waals surface area contributed by atoms with Crippen molar-refractivity contribution >= 4 is 21.4 Å². The molecule has 0 N–H and O–H groups in total. The number of halogens is 1. The Bertz CT molecular complexity index is 1380. The zero-order chi connectivity index (χ0) is 22.8. The minimum Gasteiger partial charge on any atom is -0.489 e. The summed E-state index contributed by atoms with van der Waals surface area (Å²) in [6.07, 6.45) is 8.08. The smallest absolute Gasteiger partial charge is 0.187 e. The van der Waals surface area contributed by atoms with Crippen molar-refractivity contribution in [2.75, 3.05) is 12.4 Å². The van der Waals surface area contributed by atoms with E-state index in [0.717, 1.165) is 5.56 Å². The van der Waals surface area contributed by atoms with Crippen molar-refractivity contribution in [3.05, 3.63) is 77.5 Å². The number of fused-ring (bicyclic) bond motifs is 3. The monoisotopic (exact) mass is 483 g/mol. The van der Waals surface area contributed by atoms with Gasteiger partial charge < -0.3 is 4.74 Å². The number of pyridine rings is 2. The molecule has 0 radical (unpaired) electrons. The van der Waals surface area contributed by atoms with Gasteiger partial charge in [0.2, 0.25) is 0 Å². The molecule has 0 unspecified atom stereocenters. The number of ether oxygens (including phenoxy) is 1. The maximum atomic E-state index is 13.0. The topological polar surface area (TPSA) is 126 Å². The van der Waals surface area contributed by atoms with Crippen LogP contribution in [0, 0.1) is 0 Å². The van der Waals surface area contributed by atoms with Gasteiger partial charge in [0, 0.05) is 37.4 Å². The summed E-state index contributed by atoms with van der Waals surface area (Å²) in [4.78, 5) is 16.7. The van der Waals surface area contributed by atoms with E-state index >= 15 is 0 Å². The van der Waals surface area contributed by atoms with Crippen LogP contribution in [0.2, 0.25) is 5.02 Å². The zero-order valence-corrected chi connectivity index (χ0v) is 18.8. The van der Waals surface area contributed by atoms with Gasteiger partial charge in [-0.05, 0) is 23.8 Å². The van der Waals surface area contributed by atoms with E-state index in [4.69, 9.17) is 16.3 Å². The summed E-state index contributed by atoms with van der Waals surface area (Å²) in [6, 6.07) is 6.93. The third-order valence-electron chi connectivity index (χ3n) is 5.19. The third-order valence-corrected chi connectivity index (χ3v) is 6.91. The quantitative estimate of drug-likeness (QED) is 0.406. The Morgan fingerprint density at radius 1 is 1.06 bits per heavy atom. The number of aromatic nitrogens is 7. The van der Waals surface area contributed by atoms with Gasteiger partial charge in [0.15, 0.2) is 15.7 Å². The van der Waals surface area contributed by atoms with Gasteiger partial charge in [0.1, 0.15) is 35.5 Å². The SMILES string of the molecule is O=S(=O)(CCc1ncc(Cl)cn1)Cc1nnc2n1[C@@H](c1cccnc1)COc1cccnc1-2. The van der Waals surface area contributed by atoms with Crippen LogP contribution in [-0.2, 0) is 22.0 Å². The molecule has 33 heavy (non-hydrogen) atoms. The Labute approximate surface area is 194 Å². The van der Waals surface area contributed by atoms with E-state index in [0.29, 0.717) is 33.9 Å². The molecule has 1 aliphatic heterocycles. The van der Waals surface area contributed by atoms with Crippen LogP contribution >= 0.6 is 11.6 Å². The second kappa shape index (κ2) is 8.83. The molecule has 10 nitrogen and oxygen atoms in total. The molecular weight excluding hydrogens is 466 g/mol. The molecular formula is C21H18ClN7O3S.